The first-order chi connectivity index (χ1) is 17.0. The number of aromatic nitrogens is 1. The largest absolute Gasteiger partial charge is 0.366 e. The Hall–Kier alpha value is -4.53. The fourth-order valence-corrected chi connectivity index (χ4v) is 4.56. The van der Waals surface area contributed by atoms with Gasteiger partial charge in [0.05, 0.1) is 10.6 Å². The van der Waals surface area contributed by atoms with E-state index < -0.39 is 27.7 Å². The van der Waals surface area contributed by atoms with E-state index in [1.54, 1.807) is 37.4 Å². The summed E-state index contributed by atoms with van der Waals surface area (Å²) in [7, 11) is -4.19. The first-order valence-corrected chi connectivity index (χ1v) is 12.0. The third-order valence-electron chi connectivity index (χ3n) is 5.18. The Kier molecular flexibility index (Phi) is 7.83. The van der Waals surface area contributed by atoms with Crippen molar-refractivity contribution in [1.29, 1.82) is 0 Å². The summed E-state index contributed by atoms with van der Waals surface area (Å²) < 4.78 is 25.5. The normalized spacial score (nSPS) is 10.8. The number of carbonyl (C=O) groups is 3. The van der Waals surface area contributed by atoms with E-state index in [2.05, 4.69) is 15.7 Å². The highest BCUT2D eigenvalue weighted by Gasteiger charge is 2.21. The van der Waals surface area contributed by atoms with Crippen LogP contribution in [0.3, 0.4) is 0 Å². The van der Waals surface area contributed by atoms with Crippen molar-refractivity contribution in [3.05, 3.63) is 82.5 Å². The molecule has 36 heavy (non-hydrogen) atoms. The Morgan fingerprint density at radius 2 is 1.83 bits per heavy atom. The fraction of sp³-hybridized carbons (Fsp3) is 0.120. The first kappa shape index (κ1) is 26.1. The summed E-state index contributed by atoms with van der Waals surface area (Å²) in [6, 6.07) is 12.5. The van der Waals surface area contributed by atoms with Crippen molar-refractivity contribution in [3.63, 3.8) is 0 Å². The highest BCUT2D eigenvalue weighted by Crippen LogP contribution is 2.22. The van der Waals surface area contributed by atoms with Gasteiger partial charge >= 0.3 is 0 Å². The second kappa shape index (κ2) is 10.8. The summed E-state index contributed by atoms with van der Waals surface area (Å²) in [4.78, 5) is 41.8. The minimum atomic E-state index is -4.19. The van der Waals surface area contributed by atoms with Gasteiger partial charge in [-0.05, 0) is 78.9 Å². The molecule has 11 heteroatoms. The monoisotopic (exact) mass is 505 g/mol. The lowest BCUT2D eigenvalue weighted by molar-refractivity contribution is -0.115. The third-order valence-corrected chi connectivity index (χ3v) is 6.57. The van der Waals surface area contributed by atoms with E-state index in [1.807, 2.05) is 16.8 Å². The van der Waals surface area contributed by atoms with Crippen molar-refractivity contribution in [2.45, 2.75) is 25.3 Å². The number of aryl methyl sites for hydroxylation is 1. The van der Waals surface area contributed by atoms with E-state index in [0.29, 0.717) is 11.3 Å². The number of nitrogens with zero attached hydrogens (tertiary/aromatic N) is 1. The van der Waals surface area contributed by atoms with Crippen LogP contribution >= 0.6 is 0 Å². The van der Waals surface area contributed by atoms with E-state index in [4.69, 9.17) is 12.2 Å². The van der Waals surface area contributed by atoms with E-state index in [-0.39, 0.29) is 28.1 Å². The molecule has 0 aliphatic rings. The van der Waals surface area contributed by atoms with Crippen molar-refractivity contribution in [1.82, 2.24) is 20.6 Å². The Labute approximate surface area is 208 Å². The van der Waals surface area contributed by atoms with Crippen LogP contribution < -0.4 is 21.3 Å². The molecular weight excluding hydrogens is 482 g/mol. The van der Waals surface area contributed by atoms with Gasteiger partial charge in [-0.2, -0.15) is 0 Å². The van der Waals surface area contributed by atoms with Gasteiger partial charge in [-0.3, -0.25) is 24.8 Å². The van der Waals surface area contributed by atoms with Crippen LogP contribution in [0.25, 0.3) is 11.3 Å². The lowest BCUT2D eigenvalue weighted by atomic mass is 10.0. The van der Waals surface area contributed by atoms with Gasteiger partial charge in [0.2, 0.25) is 5.91 Å². The summed E-state index contributed by atoms with van der Waals surface area (Å²) in [6.45, 7) is 3.43. The second-order valence-corrected chi connectivity index (χ2v) is 9.47. The predicted octanol–water partition coefficient (Wildman–Crippen LogP) is 1.34. The van der Waals surface area contributed by atoms with Crippen molar-refractivity contribution >= 4 is 27.7 Å². The molecule has 3 amide bonds. The maximum atomic E-state index is 12.8. The summed E-state index contributed by atoms with van der Waals surface area (Å²) in [5.74, 6) is -0.0375. The minimum Gasteiger partial charge on any atom is -0.366 e. The van der Waals surface area contributed by atoms with Crippen LogP contribution in [0.4, 0.5) is 0 Å². The third kappa shape index (κ3) is 6.12. The zero-order valence-corrected chi connectivity index (χ0v) is 20.3. The molecule has 0 saturated carbocycles. The number of primary amides is 1. The molecule has 3 rings (SSSR count). The van der Waals surface area contributed by atoms with Crippen molar-refractivity contribution in [2.75, 3.05) is 0 Å². The van der Waals surface area contributed by atoms with Crippen LogP contribution in [0, 0.1) is 26.2 Å². The van der Waals surface area contributed by atoms with E-state index in [0.717, 1.165) is 11.1 Å². The lowest BCUT2D eigenvalue weighted by Crippen LogP contribution is -2.41. The maximum Gasteiger partial charge on any atom is 0.295 e. The molecule has 0 spiro atoms. The lowest BCUT2D eigenvalue weighted by Gasteiger charge is -2.13. The highest BCUT2D eigenvalue weighted by molar-refractivity contribution is 7.89. The summed E-state index contributed by atoms with van der Waals surface area (Å²) in [5.41, 5.74) is 10.5. The molecule has 184 valence electrons. The van der Waals surface area contributed by atoms with Gasteiger partial charge < -0.3 is 11.1 Å². The van der Waals surface area contributed by atoms with Crippen LogP contribution in [-0.4, -0.2) is 31.1 Å². The van der Waals surface area contributed by atoms with E-state index >= 15 is 0 Å². The number of benzene rings is 2. The zero-order chi connectivity index (χ0) is 26.5. The number of pyridine rings is 1. The molecule has 1 heterocycles. The minimum absolute atomic E-state index is 0.0566. The van der Waals surface area contributed by atoms with Gasteiger partial charge in [-0.15, -0.1) is 11.3 Å². The standard InChI is InChI=1S/C25H23N5O5S/c1-4-23(31)28-14-17-8-9-27-21(12-17)18-10-15(2)11-19(13-18)25(33)29-30-36(34,35)22-7-5-6-20(16(22)3)24(26)32/h1,5-13,30H,14H2,2-3H3,(H2,26,32)(H,28,31)(H,29,33). The molecule has 5 N–H and O–H groups in total. The summed E-state index contributed by atoms with van der Waals surface area (Å²) >= 11 is 0. The summed E-state index contributed by atoms with van der Waals surface area (Å²) in [5, 5.41) is 2.57. The topological polar surface area (TPSA) is 160 Å². The fourth-order valence-electron chi connectivity index (χ4n) is 3.45. The SMILES string of the molecule is C#CC(=O)NCc1ccnc(-c2cc(C)cc(C(=O)NNS(=O)(=O)c3cccc(C(N)=O)c3C)c2)c1. The Morgan fingerprint density at radius 1 is 1.08 bits per heavy atom. The van der Waals surface area contributed by atoms with Crippen LogP contribution in [0.1, 0.15) is 37.4 Å². The van der Waals surface area contributed by atoms with Gasteiger partial charge in [-0.1, -0.05) is 6.07 Å². The number of hydrogen-bond donors (Lipinski definition) is 4. The molecule has 0 aliphatic carbocycles. The molecule has 0 atom stereocenters. The van der Waals surface area contributed by atoms with Gasteiger partial charge in [0.1, 0.15) is 0 Å². The molecule has 0 saturated heterocycles. The zero-order valence-electron chi connectivity index (χ0n) is 19.5. The van der Waals surface area contributed by atoms with Gasteiger partial charge in [0.15, 0.2) is 0 Å². The number of nitrogens with one attached hydrogen (secondary N) is 3. The van der Waals surface area contributed by atoms with Crippen LogP contribution in [0.2, 0.25) is 0 Å². The number of terminal acetylenes is 1. The number of carbonyl (C=O) groups excluding carboxylic acids is 3. The summed E-state index contributed by atoms with van der Waals surface area (Å²) in [6.07, 6.45) is 6.62. The van der Waals surface area contributed by atoms with Crippen LogP contribution in [-0.2, 0) is 21.4 Å². The number of amides is 3. The molecular formula is C25H23N5O5S. The number of hydrogen-bond acceptors (Lipinski definition) is 6. The molecule has 0 radical (unpaired) electrons. The molecule has 3 aromatic rings. The molecule has 2 aromatic carbocycles. The molecule has 0 fully saturated rings. The number of sulfonamides is 1. The van der Waals surface area contributed by atoms with Gasteiger partial charge in [0, 0.05) is 29.4 Å². The quantitative estimate of drug-likeness (QED) is 0.267. The molecule has 10 nitrogen and oxygen atoms in total. The first-order valence-electron chi connectivity index (χ1n) is 10.5. The molecule has 1 aromatic heterocycles. The molecule has 0 aliphatic heterocycles. The van der Waals surface area contributed by atoms with Crippen molar-refractivity contribution in [3.8, 4) is 23.6 Å². The Morgan fingerprint density at radius 3 is 2.53 bits per heavy atom. The van der Waals surface area contributed by atoms with Crippen LogP contribution in [0.15, 0.2) is 59.6 Å². The average Bonchev–Trinajstić information content (AvgIpc) is 2.85. The van der Waals surface area contributed by atoms with E-state index in [9.17, 15) is 22.8 Å². The molecule has 0 unspecified atom stereocenters. The van der Waals surface area contributed by atoms with Gasteiger partial charge in [-0.25, -0.2) is 8.42 Å². The average molecular weight is 506 g/mol. The molecule has 0 bridgehead atoms. The smallest absolute Gasteiger partial charge is 0.295 e. The second-order valence-electron chi connectivity index (χ2n) is 7.82. The Balaban J connectivity index is 1.81. The number of nitrogens with two attached hydrogens (primary N) is 1. The highest BCUT2D eigenvalue weighted by atomic mass is 32.2. The van der Waals surface area contributed by atoms with Gasteiger partial charge in [0.25, 0.3) is 21.8 Å². The van der Waals surface area contributed by atoms with E-state index in [1.165, 1.54) is 25.1 Å². The Bertz CT molecular complexity index is 1510. The predicted molar refractivity (Wildman–Crippen MR) is 133 cm³/mol. The maximum absolute atomic E-state index is 12.8. The van der Waals surface area contributed by atoms with Crippen molar-refractivity contribution < 1.29 is 22.8 Å². The van der Waals surface area contributed by atoms with Crippen LogP contribution in [0.5, 0.6) is 0 Å². The van der Waals surface area contributed by atoms with Crippen molar-refractivity contribution in [2.24, 2.45) is 5.73 Å². The number of rotatable bonds is 8. The number of hydrazine groups is 1.